The molecule has 1 aromatic rings. The average Bonchev–Trinajstić information content (AvgIpc) is 2.30. The molecule has 0 radical (unpaired) electrons. The van der Waals surface area contributed by atoms with Gasteiger partial charge in [-0.2, -0.15) is 0 Å². The number of aliphatic hydroxyl groups is 1. The predicted octanol–water partition coefficient (Wildman–Crippen LogP) is 1.51. The highest BCUT2D eigenvalue weighted by Crippen LogP contribution is 2.03. The van der Waals surface area contributed by atoms with Crippen LogP contribution in [0, 0.1) is 0 Å². The van der Waals surface area contributed by atoms with E-state index in [1.165, 1.54) is 0 Å². The van der Waals surface area contributed by atoms with Gasteiger partial charge in [-0.3, -0.25) is 4.79 Å². The molecule has 1 unspecified atom stereocenters. The summed E-state index contributed by atoms with van der Waals surface area (Å²) in [5, 5.41) is 12.0. The molecule has 0 aliphatic rings. The van der Waals surface area contributed by atoms with Gasteiger partial charge in [0.25, 0.3) is 0 Å². The molecule has 0 aromatic heterocycles. The SMILES string of the molecule is CCCC(=O)NC(CO)Cc1ccccc1. The molecule has 3 heteroatoms. The number of benzene rings is 1. The standard InChI is InChI=1S/C13H19NO2/c1-2-6-13(16)14-12(10-15)9-11-7-4-3-5-8-11/h3-5,7-8,12,15H,2,6,9-10H2,1H3,(H,14,16). The van der Waals surface area contributed by atoms with Crippen molar-refractivity contribution < 1.29 is 9.90 Å². The van der Waals surface area contributed by atoms with Crippen LogP contribution in [0.3, 0.4) is 0 Å². The van der Waals surface area contributed by atoms with Gasteiger partial charge < -0.3 is 10.4 Å². The third kappa shape index (κ3) is 4.45. The summed E-state index contributed by atoms with van der Waals surface area (Å²) in [6.45, 7) is 1.94. The zero-order valence-corrected chi connectivity index (χ0v) is 9.65. The van der Waals surface area contributed by atoms with Crippen LogP contribution in [0.4, 0.5) is 0 Å². The highest BCUT2D eigenvalue weighted by molar-refractivity contribution is 5.76. The molecule has 0 aliphatic heterocycles. The first kappa shape index (κ1) is 12.7. The number of rotatable bonds is 6. The van der Waals surface area contributed by atoms with E-state index in [0.717, 1.165) is 12.0 Å². The lowest BCUT2D eigenvalue weighted by Crippen LogP contribution is -2.38. The van der Waals surface area contributed by atoms with Crippen LogP contribution in [0.1, 0.15) is 25.3 Å². The fraction of sp³-hybridized carbons (Fsp3) is 0.462. The topological polar surface area (TPSA) is 49.3 Å². The van der Waals surface area contributed by atoms with Crippen molar-refractivity contribution in [1.82, 2.24) is 5.32 Å². The van der Waals surface area contributed by atoms with E-state index in [2.05, 4.69) is 5.32 Å². The van der Waals surface area contributed by atoms with E-state index in [-0.39, 0.29) is 18.6 Å². The molecular weight excluding hydrogens is 202 g/mol. The van der Waals surface area contributed by atoms with E-state index >= 15 is 0 Å². The van der Waals surface area contributed by atoms with E-state index in [4.69, 9.17) is 0 Å². The molecule has 1 rings (SSSR count). The number of aliphatic hydroxyl groups excluding tert-OH is 1. The summed E-state index contributed by atoms with van der Waals surface area (Å²) >= 11 is 0. The maximum Gasteiger partial charge on any atom is 0.220 e. The van der Waals surface area contributed by atoms with Crippen LogP contribution >= 0.6 is 0 Å². The fourth-order valence-corrected chi connectivity index (χ4v) is 1.59. The van der Waals surface area contributed by atoms with Crippen molar-refractivity contribution in [3.63, 3.8) is 0 Å². The van der Waals surface area contributed by atoms with Crippen molar-refractivity contribution in [3.05, 3.63) is 35.9 Å². The molecule has 3 nitrogen and oxygen atoms in total. The Morgan fingerprint density at radius 3 is 2.62 bits per heavy atom. The molecule has 1 amide bonds. The van der Waals surface area contributed by atoms with E-state index in [0.29, 0.717) is 12.8 Å². The second kappa shape index (κ2) is 7.01. The van der Waals surface area contributed by atoms with Crippen molar-refractivity contribution in [2.45, 2.75) is 32.2 Å². The van der Waals surface area contributed by atoms with Gasteiger partial charge in [0.2, 0.25) is 5.91 Å². The number of nitrogens with one attached hydrogen (secondary N) is 1. The van der Waals surface area contributed by atoms with E-state index in [1.54, 1.807) is 0 Å². The van der Waals surface area contributed by atoms with Crippen LogP contribution < -0.4 is 5.32 Å². The third-order valence-corrected chi connectivity index (χ3v) is 2.39. The highest BCUT2D eigenvalue weighted by atomic mass is 16.3. The zero-order chi connectivity index (χ0) is 11.8. The molecule has 0 spiro atoms. The number of hydrogen-bond donors (Lipinski definition) is 2. The molecule has 88 valence electrons. The Hall–Kier alpha value is -1.35. The van der Waals surface area contributed by atoms with Crippen LogP contribution in [-0.2, 0) is 11.2 Å². The van der Waals surface area contributed by atoms with Gasteiger partial charge in [0.15, 0.2) is 0 Å². The second-order valence-electron chi connectivity index (χ2n) is 3.89. The van der Waals surface area contributed by atoms with Crippen molar-refractivity contribution >= 4 is 5.91 Å². The molecule has 0 bridgehead atoms. The highest BCUT2D eigenvalue weighted by Gasteiger charge is 2.10. The van der Waals surface area contributed by atoms with Crippen LogP contribution in [0.15, 0.2) is 30.3 Å². The Morgan fingerprint density at radius 1 is 1.38 bits per heavy atom. The average molecular weight is 221 g/mol. The summed E-state index contributed by atoms with van der Waals surface area (Å²) in [5.41, 5.74) is 1.12. The maximum atomic E-state index is 11.4. The number of carbonyl (C=O) groups excluding carboxylic acids is 1. The lowest BCUT2D eigenvalue weighted by Gasteiger charge is -2.16. The summed E-state index contributed by atoms with van der Waals surface area (Å²) in [6, 6.07) is 9.67. The maximum absolute atomic E-state index is 11.4. The summed E-state index contributed by atoms with van der Waals surface area (Å²) in [6.07, 6.45) is 2.02. The zero-order valence-electron chi connectivity index (χ0n) is 9.65. The molecule has 0 heterocycles. The van der Waals surface area contributed by atoms with Crippen molar-refractivity contribution in [2.75, 3.05) is 6.61 Å². The van der Waals surface area contributed by atoms with E-state index in [1.807, 2.05) is 37.3 Å². The fourth-order valence-electron chi connectivity index (χ4n) is 1.59. The molecular formula is C13H19NO2. The van der Waals surface area contributed by atoms with Crippen molar-refractivity contribution in [1.29, 1.82) is 0 Å². The summed E-state index contributed by atoms with van der Waals surface area (Å²) in [5.74, 6) is 0.0116. The number of amides is 1. The lowest BCUT2D eigenvalue weighted by molar-refractivity contribution is -0.122. The van der Waals surface area contributed by atoms with Crippen LogP contribution in [0.5, 0.6) is 0 Å². The molecule has 1 atom stereocenters. The largest absolute Gasteiger partial charge is 0.394 e. The van der Waals surface area contributed by atoms with Gasteiger partial charge in [-0.05, 0) is 18.4 Å². The normalized spacial score (nSPS) is 12.1. The summed E-state index contributed by atoms with van der Waals surface area (Å²) in [7, 11) is 0. The quantitative estimate of drug-likeness (QED) is 0.765. The van der Waals surface area contributed by atoms with Gasteiger partial charge >= 0.3 is 0 Å². The van der Waals surface area contributed by atoms with Gasteiger partial charge in [0.05, 0.1) is 12.6 Å². The van der Waals surface area contributed by atoms with Crippen LogP contribution in [0.25, 0.3) is 0 Å². The van der Waals surface area contributed by atoms with Gasteiger partial charge in [-0.15, -0.1) is 0 Å². The second-order valence-corrected chi connectivity index (χ2v) is 3.89. The van der Waals surface area contributed by atoms with E-state index in [9.17, 15) is 9.90 Å². The molecule has 0 saturated carbocycles. The minimum absolute atomic E-state index is 0.0116. The minimum Gasteiger partial charge on any atom is -0.394 e. The first-order valence-electron chi connectivity index (χ1n) is 5.70. The van der Waals surface area contributed by atoms with E-state index < -0.39 is 0 Å². The third-order valence-electron chi connectivity index (χ3n) is 2.39. The monoisotopic (exact) mass is 221 g/mol. The first-order chi connectivity index (χ1) is 7.76. The Labute approximate surface area is 96.5 Å². The van der Waals surface area contributed by atoms with Crippen molar-refractivity contribution in [3.8, 4) is 0 Å². The molecule has 0 saturated heterocycles. The summed E-state index contributed by atoms with van der Waals surface area (Å²) < 4.78 is 0. The van der Waals surface area contributed by atoms with Gasteiger partial charge in [0, 0.05) is 6.42 Å². The molecule has 2 N–H and O–H groups in total. The molecule has 0 aliphatic carbocycles. The number of carbonyl (C=O) groups is 1. The Morgan fingerprint density at radius 2 is 2.06 bits per heavy atom. The first-order valence-corrected chi connectivity index (χ1v) is 5.70. The number of hydrogen-bond acceptors (Lipinski definition) is 2. The van der Waals surface area contributed by atoms with Crippen molar-refractivity contribution in [2.24, 2.45) is 0 Å². The molecule has 16 heavy (non-hydrogen) atoms. The molecule has 1 aromatic carbocycles. The minimum atomic E-state index is -0.179. The Kier molecular flexibility index (Phi) is 5.57. The van der Waals surface area contributed by atoms with Gasteiger partial charge in [-0.1, -0.05) is 37.3 Å². The Balaban J connectivity index is 2.46. The molecule has 0 fully saturated rings. The van der Waals surface area contributed by atoms with Gasteiger partial charge in [0.1, 0.15) is 0 Å². The lowest BCUT2D eigenvalue weighted by atomic mass is 10.1. The predicted molar refractivity (Wildman–Crippen MR) is 64.1 cm³/mol. The smallest absolute Gasteiger partial charge is 0.220 e. The van der Waals surface area contributed by atoms with Gasteiger partial charge in [-0.25, -0.2) is 0 Å². The summed E-state index contributed by atoms with van der Waals surface area (Å²) in [4.78, 5) is 11.4. The Bertz CT molecular complexity index is 311. The van der Waals surface area contributed by atoms with Crippen LogP contribution in [-0.4, -0.2) is 23.7 Å². The van der Waals surface area contributed by atoms with Crippen LogP contribution in [0.2, 0.25) is 0 Å².